The van der Waals surface area contributed by atoms with Crippen LogP contribution in [-0.2, 0) is 10.1 Å². The van der Waals surface area contributed by atoms with Crippen LogP contribution in [0.25, 0.3) is 0 Å². The number of ketones is 2. The Morgan fingerprint density at radius 3 is 2.35 bits per heavy atom. The maximum absolute atomic E-state index is 11.7. The van der Waals surface area contributed by atoms with Crippen molar-refractivity contribution in [3.05, 3.63) is 40.3 Å². The van der Waals surface area contributed by atoms with Crippen molar-refractivity contribution in [2.45, 2.75) is 0 Å². The molecule has 0 unspecified atom stereocenters. The lowest BCUT2D eigenvalue weighted by molar-refractivity contribution is 0.0987. The molecule has 0 fully saturated rings. The highest BCUT2D eigenvalue weighted by Crippen LogP contribution is 2.29. The fourth-order valence-corrected chi connectivity index (χ4v) is 2.17. The molecule has 7 heteroatoms. The first-order valence-corrected chi connectivity index (χ1v) is 5.86. The Morgan fingerprint density at radius 2 is 1.76 bits per heavy atom. The van der Waals surface area contributed by atoms with Gasteiger partial charge >= 0.3 is 0 Å². The van der Waals surface area contributed by atoms with E-state index in [1.807, 2.05) is 0 Å². The minimum absolute atomic E-state index is 0.245. The van der Waals surface area contributed by atoms with Gasteiger partial charge in [-0.2, -0.15) is 8.42 Å². The Balaban J connectivity index is 2.75. The molecule has 0 spiro atoms. The van der Waals surface area contributed by atoms with Crippen LogP contribution in [0, 0.1) is 0 Å². The van der Waals surface area contributed by atoms with E-state index in [4.69, 9.17) is 4.55 Å². The van der Waals surface area contributed by atoms with Crippen molar-refractivity contribution >= 4 is 21.7 Å². The number of hydrogen-bond donors (Lipinski definition) is 2. The van der Waals surface area contributed by atoms with E-state index in [1.54, 1.807) is 0 Å². The lowest BCUT2D eigenvalue weighted by Gasteiger charge is -2.13. The van der Waals surface area contributed by atoms with Gasteiger partial charge in [-0.1, -0.05) is 6.07 Å². The van der Waals surface area contributed by atoms with Gasteiger partial charge in [0.25, 0.3) is 10.1 Å². The second-order valence-corrected chi connectivity index (χ2v) is 4.77. The molecule has 6 nitrogen and oxygen atoms in total. The molecule has 0 bridgehead atoms. The number of allylic oxidation sites excluding steroid dienone is 2. The zero-order valence-electron chi connectivity index (χ0n) is 8.25. The van der Waals surface area contributed by atoms with Crippen LogP contribution in [0.2, 0.25) is 0 Å². The molecule has 1 aliphatic rings. The number of hydrogen-bond acceptors (Lipinski definition) is 5. The molecule has 0 saturated carbocycles. The van der Waals surface area contributed by atoms with Crippen LogP contribution in [-0.4, -0.2) is 29.6 Å². The average Bonchev–Trinajstić information content (AvgIpc) is 2.21. The minimum atomic E-state index is -4.75. The van der Waals surface area contributed by atoms with Crippen molar-refractivity contribution < 1.29 is 27.7 Å². The molecule has 1 aromatic carbocycles. The Kier molecular flexibility index (Phi) is 2.37. The topological polar surface area (TPSA) is 109 Å². The lowest BCUT2D eigenvalue weighted by atomic mass is 9.94. The van der Waals surface area contributed by atoms with Gasteiger partial charge in [-0.15, -0.1) is 0 Å². The van der Waals surface area contributed by atoms with Gasteiger partial charge in [0.1, 0.15) is 10.7 Å². The lowest BCUT2D eigenvalue weighted by Crippen LogP contribution is -2.22. The first-order valence-electron chi connectivity index (χ1n) is 4.42. The fraction of sp³-hybridized carbons (Fsp3) is 0. The number of fused-ring (bicyclic) bond motifs is 1. The van der Waals surface area contributed by atoms with E-state index < -0.39 is 32.3 Å². The molecule has 1 aromatic rings. The highest BCUT2D eigenvalue weighted by atomic mass is 32.2. The van der Waals surface area contributed by atoms with E-state index in [2.05, 4.69) is 0 Å². The molecule has 0 radical (unpaired) electrons. The van der Waals surface area contributed by atoms with Gasteiger partial charge in [-0.25, -0.2) is 0 Å². The van der Waals surface area contributed by atoms with Crippen molar-refractivity contribution in [3.63, 3.8) is 0 Å². The second kappa shape index (κ2) is 3.51. The van der Waals surface area contributed by atoms with E-state index in [9.17, 15) is 23.1 Å². The molecule has 0 atom stereocenters. The first-order chi connectivity index (χ1) is 7.82. The zero-order valence-corrected chi connectivity index (χ0v) is 9.06. The molecule has 17 heavy (non-hydrogen) atoms. The van der Waals surface area contributed by atoms with Crippen LogP contribution in [0.3, 0.4) is 0 Å². The number of Topliss-reactive ketones (excluding diaryl/α,β-unsaturated/α-hetero) is 1. The molecule has 0 aromatic heterocycles. The van der Waals surface area contributed by atoms with Gasteiger partial charge in [0.15, 0.2) is 5.78 Å². The number of carbonyl (C=O) groups is 2. The third kappa shape index (κ3) is 1.75. The summed E-state index contributed by atoms with van der Waals surface area (Å²) in [7, 11) is -4.75. The molecule has 1 aliphatic carbocycles. The molecule has 0 heterocycles. The monoisotopic (exact) mass is 254 g/mol. The van der Waals surface area contributed by atoms with E-state index in [1.165, 1.54) is 18.2 Å². The molecule has 0 amide bonds. The normalized spacial score (nSPS) is 15.5. The van der Waals surface area contributed by atoms with Crippen LogP contribution in [0.1, 0.15) is 20.7 Å². The SMILES string of the molecule is O=C1C(S(=O)(=O)O)=CC(=O)c2c(O)cccc21. The summed E-state index contributed by atoms with van der Waals surface area (Å²) in [5.74, 6) is -2.27. The predicted octanol–water partition coefficient (Wildman–Crippen LogP) is 0.543. The highest BCUT2D eigenvalue weighted by Gasteiger charge is 2.33. The van der Waals surface area contributed by atoms with Crippen LogP contribution >= 0.6 is 0 Å². The van der Waals surface area contributed by atoms with Gasteiger partial charge in [0.05, 0.1) is 5.56 Å². The number of phenolic OH excluding ortho intramolecular Hbond substituents is 1. The van der Waals surface area contributed by atoms with Crippen molar-refractivity contribution in [1.29, 1.82) is 0 Å². The Labute approximate surface area is 95.9 Å². The number of rotatable bonds is 1. The fourth-order valence-electron chi connectivity index (χ4n) is 1.57. The summed E-state index contributed by atoms with van der Waals surface area (Å²) in [6.07, 6.45) is 0.500. The summed E-state index contributed by atoms with van der Waals surface area (Å²) in [5, 5.41) is 9.42. The van der Waals surface area contributed by atoms with Gasteiger partial charge in [-0.3, -0.25) is 14.1 Å². The summed E-state index contributed by atoms with van der Waals surface area (Å²) in [6.45, 7) is 0. The molecule has 2 N–H and O–H groups in total. The standard InChI is InChI=1S/C10H6O6S/c11-6-3-1-2-5-9(6)7(12)4-8(10(5)13)17(14,15)16/h1-4,11H,(H,14,15,16). The van der Waals surface area contributed by atoms with Gasteiger partial charge in [0.2, 0.25) is 5.78 Å². The quantitative estimate of drug-likeness (QED) is 0.708. The number of carbonyl (C=O) groups excluding carboxylic acids is 2. The Bertz CT molecular complexity index is 668. The Morgan fingerprint density at radius 1 is 1.12 bits per heavy atom. The Hall–Kier alpha value is -1.99. The third-order valence-electron chi connectivity index (χ3n) is 2.30. The molecule has 0 saturated heterocycles. The van der Waals surface area contributed by atoms with Crippen molar-refractivity contribution in [1.82, 2.24) is 0 Å². The second-order valence-electron chi connectivity index (χ2n) is 3.38. The van der Waals surface area contributed by atoms with Crippen LogP contribution in [0.4, 0.5) is 0 Å². The third-order valence-corrected chi connectivity index (χ3v) is 3.16. The summed E-state index contributed by atoms with van der Waals surface area (Å²) >= 11 is 0. The van der Waals surface area contributed by atoms with Gasteiger partial charge in [-0.05, 0) is 12.1 Å². The molecular weight excluding hydrogens is 248 g/mol. The smallest absolute Gasteiger partial charge is 0.298 e. The van der Waals surface area contributed by atoms with Crippen molar-refractivity contribution in [3.8, 4) is 5.75 Å². The van der Waals surface area contributed by atoms with Gasteiger partial charge < -0.3 is 5.11 Å². The molecular formula is C10H6O6S. The van der Waals surface area contributed by atoms with Crippen LogP contribution in [0.5, 0.6) is 5.75 Å². The summed E-state index contributed by atoms with van der Waals surface area (Å²) in [5.41, 5.74) is -0.505. The predicted molar refractivity (Wildman–Crippen MR) is 56.4 cm³/mol. The van der Waals surface area contributed by atoms with Crippen LogP contribution < -0.4 is 0 Å². The molecule has 2 rings (SSSR count). The van der Waals surface area contributed by atoms with E-state index in [0.717, 1.165) is 0 Å². The summed E-state index contributed by atoms with van der Waals surface area (Å²) < 4.78 is 30.6. The maximum Gasteiger partial charge on any atom is 0.298 e. The number of benzene rings is 1. The van der Waals surface area contributed by atoms with E-state index >= 15 is 0 Å². The maximum atomic E-state index is 11.7. The molecule has 88 valence electrons. The summed E-state index contributed by atoms with van der Waals surface area (Å²) in [4.78, 5) is 22.2. The largest absolute Gasteiger partial charge is 0.507 e. The minimum Gasteiger partial charge on any atom is -0.507 e. The zero-order chi connectivity index (χ0) is 12.8. The number of aromatic hydroxyl groups is 1. The number of phenols is 1. The van der Waals surface area contributed by atoms with E-state index in [-0.39, 0.29) is 11.1 Å². The van der Waals surface area contributed by atoms with Crippen molar-refractivity contribution in [2.24, 2.45) is 0 Å². The highest BCUT2D eigenvalue weighted by molar-refractivity contribution is 7.91. The van der Waals surface area contributed by atoms with Crippen LogP contribution in [0.15, 0.2) is 29.2 Å². The van der Waals surface area contributed by atoms with E-state index in [0.29, 0.717) is 6.08 Å². The van der Waals surface area contributed by atoms with Gasteiger partial charge in [0, 0.05) is 11.6 Å². The first kappa shape index (κ1) is 11.5. The average molecular weight is 254 g/mol. The summed E-state index contributed by atoms with van der Waals surface area (Å²) in [6, 6.07) is 3.70. The van der Waals surface area contributed by atoms with Crippen molar-refractivity contribution in [2.75, 3.05) is 0 Å². The molecule has 0 aliphatic heterocycles.